The van der Waals surface area contributed by atoms with Crippen molar-refractivity contribution in [2.45, 2.75) is 19.4 Å². The Bertz CT molecular complexity index is 445. The molecule has 1 fully saturated rings. The predicted molar refractivity (Wildman–Crippen MR) is 58.8 cm³/mol. The molecular formula is C11H13N3O2. The van der Waals surface area contributed by atoms with Crippen LogP contribution in [0.5, 0.6) is 0 Å². The molecule has 1 atom stereocenters. The fraction of sp³-hybridized carbons (Fsp3) is 0.364. The molecule has 1 N–H and O–H groups in total. The van der Waals surface area contributed by atoms with E-state index in [1.165, 1.54) is 7.05 Å². The van der Waals surface area contributed by atoms with Gasteiger partial charge in [-0.25, -0.2) is 0 Å². The van der Waals surface area contributed by atoms with Crippen LogP contribution in [0.3, 0.4) is 0 Å². The van der Waals surface area contributed by atoms with Crippen LogP contribution in [0.25, 0.3) is 0 Å². The zero-order valence-electron chi connectivity index (χ0n) is 9.23. The Morgan fingerprint density at radius 1 is 1.50 bits per heavy atom. The molecule has 1 aliphatic heterocycles. The molecule has 16 heavy (non-hydrogen) atoms. The minimum Gasteiger partial charge on any atom is -0.373 e. The molecule has 1 aromatic heterocycles. The van der Waals surface area contributed by atoms with E-state index in [-0.39, 0.29) is 18.2 Å². The molecule has 0 aromatic carbocycles. The molecule has 0 bridgehead atoms. The van der Waals surface area contributed by atoms with Crippen molar-refractivity contribution < 1.29 is 9.59 Å². The number of nitrogens with zero attached hydrogens (tertiary/aromatic N) is 2. The lowest BCUT2D eigenvalue weighted by Crippen LogP contribution is -2.31. The molecule has 1 aromatic rings. The maximum atomic E-state index is 11.6. The van der Waals surface area contributed by atoms with E-state index in [9.17, 15) is 9.59 Å². The summed E-state index contributed by atoms with van der Waals surface area (Å²) in [6, 6.07) is 3.18. The zero-order chi connectivity index (χ0) is 11.7. The average molecular weight is 219 g/mol. The molecule has 5 heteroatoms. The van der Waals surface area contributed by atoms with Crippen molar-refractivity contribution in [3.63, 3.8) is 0 Å². The minimum atomic E-state index is -0.445. The third-order valence-electron chi connectivity index (χ3n) is 2.62. The summed E-state index contributed by atoms with van der Waals surface area (Å²) >= 11 is 0. The van der Waals surface area contributed by atoms with E-state index in [2.05, 4.69) is 10.3 Å². The maximum absolute atomic E-state index is 11.6. The molecule has 84 valence electrons. The average Bonchev–Trinajstić information content (AvgIpc) is 2.47. The van der Waals surface area contributed by atoms with Gasteiger partial charge in [-0.05, 0) is 19.1 Å². The largest absolute Gasteiger partial charge is 0.373 e. The Labute approximate surface area is 93.5 Å². The summed E-state index contributed by atoms with van der Waals surface area (Å²) in [6.45, 7) is 1.87. The summed E-state index contributed by atoms with van der Waals surface area (Å²) in [6.07, 6.45) is 1.89. The second-order valence-electron chi connectivity index (χ2n) is 3.88. The Kier molecular flexibility index (Phi) is 2.60. The Balaban J connectivity index is 2.12. The van der Waals surface area contributed by atoms with Gasteiger partial charge in [0.25, 0.3) is 5.91 Å². The Morgan fingerprint density at radius 3 is 2.81 bits per heavy atom. The SMILES string of the molecule is Cc1cc(NC2CC(=O)N(C)C2=O)ccn1. The van der Waals surface area contributed by atoms with Crippen molar-refractivity contribution in [3.05, 3.63) is 24.0 Å². The fourth-order valence-electron chi connectivity index (χ4n) is 1.70. The number of pyridine rings is 1. The number of likely N-dealkylation sites (tertiary alicyclic amines) is 1. The van der Waals surface area contributed by atoms with Gasteiger partial charge in [0.2, 0.25) is 5.91 Å². The summed E-state index contributed by atoms with van der Waals surface area (Å²) in [5.41, 5.74) is 1.68. The van der Waals surface area contributed by atoms with Gasteiger partial charge in [-0.3, -0.25) is 19.5 Å². The normalized spacial score (nSPS) is 20.4. The quantitative estimate of drug-likeness (QED) is 0.738. The van der Waals surface area contributed by atoms with Crippen LogP contribution in [-0.2, 0) is 9.59 Å². The lowest BCUT2D eigenvalue weighted by molar-refractivity contribution is -0.136. The fourth-order valence-corrected chi connectivity index (χ4v) is 1.70. The van der Waals surface area contributed by atoms with Crippen LogP contribution in [0.15, 0.2) is 18.3 Å². The highest BCUT2D eigenvalue weighted by Crippen LogP contribution is 2.17. The first-order chi connectivity index (χ1) is 7.58. The number of hydrogen-bond donors (Lipinski definition) is 1. The first-order valence-electron chi connectivity index (χ1n) is 5.07. The van der Waals surface area contributed by atoms with Crippen molar-refractivity contribution in [3.8, 4) is 0 Å². The zero-order valence-corrected chi connectivity index (χ0v) is 9.23. The number of aryl methyl sites for hydroxylation is 1. The second-order valence-corrected chi connectivity index (χ2v) is 3.88. The van der Waals surface area contributed by atoms with Crippen LogP contribution < -0.4 is 5.32 Å². The molecule has 1 unspecified atom stereocenters. The minimum absolute atomic E-state index is 0.145. The van der Waals surface area contributed by atoms with Crippen LogP contribution in [0.1, 0.15) is 12.1 Å². The number of amides is 2. The van der Waals surface area contributed by atoms with E-state index < -0.39 is 6.04 Å². The number of imide groups is 1. The maximum Gasteiger partial charge on any atom is 0.251 e. The monoisotopic (exact) mass is 219 g/mol. The number of rotatable bonds is 2. The van der Waals surface area contributed by atoms with Crippen molar-refractivity contribution in [2.24, 2.45) is 0 Å². The van der Waals surface area contributed by atoms with Gasteiger partial charge in [0.15, 0.2) is 0 Å². The highest BCUT2D eigenvalue weighted by molar-refractivity contribution is 6.06. The molecule has 0 spiro atoms. The van der Waals surface area contributed by atoms with Gasteiger partial charge >= 0.3 is 0 Å². The summed E-state index contributed by atoms with van der Waals surface area (Å²) in [5, 5.41) is 3.04. The number of nitrogens with one attached hydrogen (secondary N) is 1. The van der Waals surface area contributed by atoms with Gasteiger partial charge < -0.3 is 5.32 Å². The van der Waals surface area contributed by atoms with Crippen LogP contribution in [0, 0.1) is 6.92 Å². The van der Waals surface area contributed by atoms with Gasteiger partial charge in [0.1, 0.15) is 6.04 Å². The highest BCUT2D eigenvalue weighted by Gasteiger charge is 2.35. The first kappa shape index (κ1) is 10.6. The number of aromatic nitrogens is 1. The predicted octanol–water partition coefficient (Wildman–Crippen LogP) is 0.559. The van der Waals surface area contributed by atoms with E-state index in [1.54, 1.807) is 12.3 Å². The van der Waals surface area contributed by atoms with Gasteiger partial charge in [-0.15, -0.1) is 0 Å². The van der Waals surface area contributed by atoms with Gasteiger partial charge in [-0.1, -0.05) is 0 Å². The van der Waals surface area contributed by atoms with Gasteiger partial charge in [0.05, 0.1) is 6.42 Å². The molecule has 2 rings (SSSR count). The van der Waals surface area contributed by atoms with E-state index >= 15 is 0 Å². The van der Waals surface area contributed by atoms with Crippen molar-refractivity contribution in [1.29, 1.82) is 0 Å². The van der Waals surface area contributed by atoms with Gasteiger partial charge in [0, 0.05) is 24.6 Å². The van der Waals surface area contributed by atoms with Crippen LogP contribution >= 0.6 is 0 Å². The lowest BCUT2D eigenvalue weighted by Gasteiger charge is -2.12. The lowest BCUT2D eigenvalue weighted by atomic mass is 10.2. The van der Waals surface area contributed by atoms with E-state index in [0.29, 0.717) is 0 Å². The van der Waals surface area contributed by atoms with Crippen LogP contribution in [-0.4, -0.2) is 34.8 Å². The third-order valence-corrected chi connectivity index (χ3v) is 2.62. The smallest absolute Gasteiger partial charge is 0.251 e. The Hall–Kier alpha value is -1.91. The summed E-state index contributed by atoms with van der Waals surface area (Å²) in [7, 11) is 1.50. The topological polar surface area (TPSA) is 62.3 Å². The van der Waals surface area contributed by atoms with E-state index in [1.807, 2.05) is 13.0 Å². The van der Waals surface area contributed by atoms with Gasteiger partial charge in [-0.2, -0.15) is 0 Å². The van der Waals surface area contributed by atoms with E-state index in [0.717, 1.165) is 16.3 Å². The number of hydrogen-bond acceptors (Lipinski definition) is 4. The molecule has 0 radical (unpaired) electrons. The molecule has 2 amide bonds. The molecule has 1 saturated heterocycles. The van der Waals surface area contributed by atoms with E-state index in [4.69, 9.17) is 0 Å². The van der Waals surface area contributed by atoms with Crippen LogP contribution in [0.2, 0.25) is 0 Å². The number of anilines is 1. The van der Waals surface area contributed by atoms with Crippen molar-refractivity contribution in [1.82, 2.24) is 9.88 Å². The number of carbonyl (C=O) groups is 2. The molecule has 0 saturated carbocycles. The molecular weight excluding hydrogens is 206 g/mol. The second kappa shape index (κ2) is 3.92. The summed E-state index contributed by atoms with van der Waals surface area (Å²) in [5.74, 6) is -0.326. The van der Waals surface area contributed by atoms with Crippen molar-refractivity contribution >= 4 is 17.5 Å². The molecule has 1 aliphatic rings. The first-order valence-corrected chi connectivity index (χ1v) is 5.07. The Morgan fingerprint density at radius 2 is 2.25 bits per heavy atom. The third kappa shape index (κ3) is 1.88. The summed E-state index contributed by atoms with van der Waals surface area (Å²) in [4.78, 5) is 28.2. The number of carbonyl (C=O) groups excluding carboxylic acids is 2. The highest BCUT2D eigenvalue weighted by atomic mass is 16.2. The molecule has 0 aliphatic carbocycles. The summed E-state index contributed by atoms with van der Waals surface area (Å²) < 4.78 is 0. The molecule has 5 nitrogen and oxygen atoms in total. The standard InChI is InChI=1S/C11H13N3O2/c1-7-5-8(3-4-12-7)13-9-6-10(15)14(2)11(9)16/h3-5,9H,6H2,1-2H3,(H,12,13). The number of likely N-dealkylation sites (N-methyl/N-ethyl adjacent to an activating group) is 1. The van der Waals surface area contributed by atoms with Crippen LogP contribution in [0.4, 0.5) is 5.69 Å². The van der Waals surface area contributed by atoms with Crippen molar-refractivity contribution in [2.75, 3.05) is 12.4 Å². The molecule has 2 heterocycles.